The monoisotopic (exact) mass is 671 g/mol. The molecule has 2 aromatic heterocycles. The lowest BCUT2D eigenvalue weighted by Gasteiger charge is -2.31. The van der Waals surface area contributed by atoms with Crippen LogP contribution in [0.25, 0.3) is 11.2 Å². The van der Waals surface area contributed by atoms with Gasteiger partial charge in [-0.15, -0.1) is 0 Å². The number of imidazole rings is 1. The zero-order chi connectivity index (χ0) is 34.7. The number of benzene rings is 1. The molecule has 254 valence electrons. The third-order valence-electron chi connectivity index (χ3n) is 7.98. The number of aliphatic hydroxyl groups excluding tert-OH is 1. The molecule has 0 saturated carbocycles. The molecule has 3 heterocycles. The molecular formula is C33H42FN5O7S. The molecule has 1 aliphatic rings. The molecule has 4 rings (SSSR count). The number of carbonyl (C=O) groups excluding carboxylic acids is 3. The second-order valence-corrected chi connectivity index (χ2v) is 14.0. The van der Waals surface area contributed by atoms with Crippen molar-refractivity contribution < 1.29 is 38.1 Å². The zero-order valence-electron chi connectivity index (χ0n) is 27.8. The number of carbonyl (C=O) groups is 3. The van der Waals surface area contributed by atoms with E-state index in [0.717, 1.165) is 11.1 Å². The van der Waals surface area contributed by atoms with Crippen LogP contribution >= 0.6 is 11.8 Å². The molecule has 3 atom stereocenters. The van der Waals surface area contributed by atoms with Crippen molar-refractivity contribution in [2.24, 2.45) is 0 Å². The lowest BCUT2D eigenvalue weighted by atomic mass is 9.78. The van der Waals surface area contributed by atoms with Gasteiger partial charge in [-0.25, -0.2) is 4.98 Å². The number of hydrogen-bond donors (Lipinski definition) is 2. The Labute approximate surface area is 277 Å². The number of aromatic nitrogens is 4. The predicted molar refractivity (Wildman–Crippen MR) is 175 cm³/mol. The smallest absolute Gasteiger partial charge is 0.312 e. The highest BCUT2D eigenvalue weighted by molar-refractivity contribution is 8.13. The van der Waals surface area contributed by atoms with Gasteiger partial charge in [0.1, 0.15) is 23.7 Å². The SMILES string of the molecule is C=C(CCCSC(C)=O)Nc1nc(F)nc2c1ncn2[C@H]1C[C@H](OC(=O)CC(C)(C)c2c(C)cc(C)cc2OC(C)=O)[C@@](C)(CO)O1. The first-order valence-corrected chi connectivity index (χ1v) is 16.3. The summed E-state index contributed by atoms with van der Waals surface area (Å²) in [7, 11) is 0. The number of allylic oxidation sites excluding steroid dienone is 1. The third-order valence-corrected chi connectivity index (χ3v) is 8.88. The van der Waals surface area contributed by atoms with Gasteiger partial charge >= 0.3 is 18.0 Å². The molecule has 1 aliphatic heterocycles. The molecule has 1 aromatic carbocycles. The summed E-state index contributed by atoms with van der Waals surface area (Å²) in [5, 5.41) is 13.4. The lowest BCUT2D eigenvalue weighted by Crippen LogP contribution is -2.43. The summed E-state index contributed by atoms with van der Waals surface area (Å²) < 4.78 is 33.8. The fourth-order valence-electron chi connectivity index (χ4n) is 5.95. The van der Waals surface area contributed by atoms with E-state index in [1.807, 2.05) is 33.8 Å². The highest BCUT2D eigenvalue weighted by Gasteiger charge is 2.49. The summed E-state index contributed by atoms with van der Waals surface area (Å²) >= 11 is 1.22. The summed E-state index contributed by atoms with van der Waals surface area (Å²) in [6, 6.07) is 3.73. The number of nitrogens with one attached hydrogen (secondary N) is 1. The molecule has 47 heavy (non-hydrogen) atoms. The van der Waals surface area contributed by atoms with Gasteiger partial charge in [-0.1, -0.05) is 38.3 Å². The van der Waals surface area contributed by atoms with E-state index in [1.54, 1.807) is 13.0 Å². The molecule has 0 amide bonds. The highest BCUT2D eigenvalue weighted by Crippen LogP contribution is 2.42. The van der Waals surface area contributed by atoms with Crippen LogP contribution in [0.15, 0.2) is 30.7 Å². The van der Waals surface area contributed by atoms with Crippen LogP contribution in [-0.4, -0.2) is 65.7 Å². The van der Waals surface area contributed by atoms with Crippen molar-refractivity contribution in [2.45, 2.75) is 97.5 Å². The quantitative estimate of drug-likeness (QED) is 0.103. The van der Waals surface area contributed by atoms with Crippen LogP contribution in [0.5, 0.6) is 5.75 Å². The summed E-state index contributed by atoms with van der Waals surface area (Å²) in [6.45, 7) is 15.5. The van der Waals surface area contributed by atoms with Gasteiger partial charge in [0, 0.05) is 42.7 Å². The average Bonchev–Trinajstić information content (AvgIpc) is 3.50. The summed E-state index contributed by atoms with van der Waals surface area (Å²) in [5.41, 5.74) is 1.45. The first kappa shape index (κ1) is 36.0. The van der Waals surface area contributed by atoms with E-state index in [-0.39, 0.29) is 34.9 Å². The average molecular weight is 672 g/mol. The number of aryl methyl sites for hydroxylation is 2. The molecule has 0 radical (unpaired) electrons. The largest absolute Gasteiger partial charge is 0.459 e. The zero-order valence-corrected chi connectivity index (χ0v) is 28.6. The maximum atomic E-state index is 14.6. The Morgan fingerprint density at radius 2 is 1.98 bits per heavy atom. The minimum Gasteiger partial charge on any atom is -0.459 e. The van der Waals surface area contributed by atoms with Crippen LogP contribution in [0.3, 0.4) is 0 Å². The van der Waals surface area contributed by atoms with Crippen LogP contribution < -0.4 is 10.1 Å². The number of aliphatic hydroxyl groups is 1. The molecular weight excluding hydrogens is 629 g/mol. The minimum absolute atomic E-state index is 0.0353. The number of fused-ring (bicyclic) bond motifs is 1. The number of thioether (sulfide) groups is 1. The molecule has 2 N–H and O–H groups in total. The van der Waals surface area contributed by atoms with Crippen molar-refractivity contribution in [3.8, 4) is 5.75 Å². The highest BCUT2D eigenvalue weighted by atomic mass is 32.2. The van der Waals surface area contributed by atoms with E-state index >= 15 is 0 Å². The van der Waals surface area contributed by atoms with Gasteiger partial charge in [0.25, 0.3) is 0 Å². The number of esters is 2. The first-order valence-electron chi connectivity index (χ1n) is 15.3. The maximum Gasteiger partial charge on any atom is 0.312 e. The van der Waals surface area contributed by atoms with Gasteiger partial charge in [0.2, 0.25) is 0 Å². The van der Waals surface area contributed by atoms with E-state index in [9.17, 15) is 23.9 Å². The second-order valence-electron chi connectivity index (χ2n) is 12.7. The first-order chi connectivity index (χ1) is 22.0. The fourth-order valence-corrected chi connectivity index (χ4v) is 6.53. The van der Waals surface area contributed by atoms with Crippen molar-refractivity contribution in [3.63, 3.8) is 0 Å². The molecule has 0 aliphatic carbocycles. The van der Waals surface area contributed by atoms with Gasteiger partial charge in [-0.05, 0) is 50.8 Å². The molecule has 0 spiro atoms. The molecule has 3 aromatic rings. The number of rotatable bonds is 13. The van der Waals surface area contributed by atoms with Crippen LogP contribution in [0.2, 0.25) is 0 Å². The van der Waals surface area contributed by atoms with E-state index in [4.69, 9.17) is 14.2 Å². The maximum absolute atomic E-state index is 14.6. The van der Waals surface area contributed by atoms with Crippen molar-refractivity contribution in [3.05, 3.63) is 53.5 Å². The van der Waals surface area contributed by atoms with E-state index in [0.29, 0.717) is 35.6 Å². The van der Waals surface area contributed by atoms with E-state index < -0.39 is 48.0 Å². The summed E-state index contributed by atoms with van der Waals surface area (Å²) in [5.74, 6) is 0.150. The number of halogens is 1. The Hall–Kier alpha value is -3.88. The van der Waals surface area contributed by atoms with Gasteiger partial charge < -0.3 is 24.6 Å². The number of anilines is 1. The number of ether oxygens (including phenoxy) is 3. The number of nitrogens with zero attached hydrogens (tertiary/aromatic N) is 4. The summed E-state index contributed by atoms with van der Waals surface area (Å²) in [4.78, 5) is 48.7. The summed E-state index contributed by atoms with van der Waals surface area (Å²) in [6.07, 6.45) is 0.0869. The second kappa shape index (κ2) is 14.5. The number of hydrogen-bond acceptors (Lipinski definition) is 12. The van der Waals surface area contributed by atoms with E-state index in [1.165, 1.54) is 36.5 Å². The van der Waals surface area contributed by atoms with Gasteiger partial charge in [0.05, 0.1) is 19.4 Å². The van der Waals surface area contributed by atoms with Gasteiger partial charge in [-0.2, -0.15) is 14.4 Å². The molecule has 12 nitrogen and oxygen atoms in total. The Morgan fingerprint density at radius 1 is 1.26 bits per heavy atom. The molecule has 14 heteroatoms. The normalized spacial score (nSPS) is 19.5. The van der Waals surface area contributed by atoms with Gasteiger partial charge in [0.15, 0.2) is 22.1 Å². The third kappa shape index (κ3) is 8.54. The standard InChI is InChI=1S/C33H42FN5O7S/c1-18-12-19(2)27(23(13-18)44-21(4)41)32(6,7)15-26(43)45-24-14-25(46-33(24,8)16-40)39-17-35-28-29(37-31(34)38-30(28)39)36-20(3)10-9-11-47-22(5)42/h12-13,17,24-25,40H,3,9-11,14-16H2,1-2,4-8H3,(H,36,37,38)/t24-,25+,33+/m0/s1. The molecule has 0 bridgehead atoms. The Balaban J connectivity index is 1.51. The van der Waals surface area contributed by atoms with E-state index in [2.05, 4.69) is 26.8 Å². The molecule has 1 fully saturated rings. The molecule has 1 saturated heterocycles. The Kier molecular flexibility index (Phi) is 11.1. The van der Waals surface area contributed by atoms with Crippen molar-refractivity contribution in [1.82, 2.24) is 19.5 Å². The van der Waals surface area contributed by atoms with Crippen LogP contribution in [0.4, 0.5) is 10.2 Å². The van der Waals surface area contributed by atoms with Crippen LogP contribution in [-0.2, 0) is 29.3 Å². The topological polar surface area (TPSA) is 155 Å². The predicted octanol–water partition coefficient (Wildman–Crippen LogP) is 5.44. The van der Waals surface area contributed by atoms with Crippen molar-refractivity contribution >= 4 is 45.8 Å². The van der Waals surface area contributed by atoms with Crippen LogP contribution in [0.1, 0.15) is 83.2 Å². The minimum atomic E-state index is -1.28. The fraction of sp³-hybridized carbons (Fsp3) is 0.515. The Morgan fingerprint density at radius 3 is 2.64 bits per heavy atom. The van der Waals surface area contributed by atoms with Crippen molar-refractivity contribution in [2.75, 3.05) is 17.7 Å². The van der Waals surface area contributed by atoms with Crippen molar-refractivity contribution in [1.29, 1.82) is 0 Å². The Bertz CT molecular complexity index is 1690. The lowest BCUT2D eigenvalue weighted by molar-refractivity contribution is -0.165. The van der Waals surface area contributed by atoms with Crippen LogP contribution in [0, 0.1) is 19.9 Å². The van der Waals surface area contributed by atoms with Gasteiger partial charge in [-0.3, -0.25) is 19.0 Å². The molecule has 0 unspecified atom stereocenters.